The van der Waals surface area contributed by atoms with Gasteiger partial charge in [0.2, 0.25) is 0 Å². The molecule has 0 spiro atoms. The van der Waals surface area contributed by atoms with Gasteiger partial charge in [-0.3, -0.25) is 9.48 Å². The lowest BCUT2D eigenvalue weighted by Gasteiger charge is -2.11. The normalized spacial score (nSPS) is 10.8. The van der Waals surface area contributed by atoms with Gasteiger partial charge in [0.25, 0.3) is 0 Å². The van der Waals surface area contributed by atoms with Crippen molar-refractivity contribution < 1.29 is 9.18 Å². The largest absolute Gasteiger partial charge is 0.298 e. The van der Waals surface area contributed by atoms with E-state index in [0.717, 1.165) is 5.69 Å². The molecular formula is C13H13FN2O. The molecule has 2 rings (SSSR count). The van der Waals surface area contributed by atoms with E-state index in [-0.39, 0.29) is 6.04 Å². The van der Waals surface area contributed by atoms with Gasteiger partial charge in [0.1, 0.15) is 12.1 Å². The second-order valence-electron chi connectivity index (χ2n) is 4.15. The summed E-state index contributed by atoms with van der Waals surface area (Å²) in [6.07, 6.45) is 2.31. The molecule has 0 saturated heterocycles. The molecule has 1 heterocycles. The number of carbonyl (C=O) groups excluding carboxylic acids is 1. The molecule has 3 nitrogen and oxygen atoms in total. The lowest BCUT2D eigenvalue weighted by Crippen LogP contribution is -2.04. The Kier molecular flexibility index (Phi) is 3.04. The molecule has 1 aromatic carbocycles. The van der Waals surface area contributed by atoms with Crippen LogP contribution in [0.25, 0.3) is 11.3 Å². The Balaban J connectivity index is 2.56. The standard InChI is InChI=1S/C13H13FN2O/c1-9(2)16-13(3-4-15-16)11-5-10(8-17)6-12(14)7-11/h3-9H,1-2H3. The molecule has 0 N–H and O–H groups in total. The van der Waals surface area contributed by atoms with Crippen LogP contribution in [0.2, 0.25) is 0 Å². The van der Waals surface area contributed by atoms with Crippen molar-refractivity contribution >= 4 is 6.29 Å². The number of benzene rings is 1. The van der Waals surface area contributed by atoms with Crippen molar-refractivity contribution in [3.63, 3.8) is 0 Å². The van der Waals surface area contributed by atoms with Crippen molar-refractivity contribution in [2.45, 2.75) is 19.9 Å². The number of aldehydes is 1. The van der Waals surface area contributed by atoms with Crippen LogP contribution in [0.15, 0.2) is 30.5 Å². The third-order valence-electron chi connectivity index (χ3n) is 2.51. The van der Waals surface area contributed by atoms with Crippen LogP contribution in [0.5, 0.6) is 0 Å². The zero-order chi connectivity index (χ0) is 12.4. The minimum atomic E-state index is -0.416. The summed E-state index contributed by atoms with van der Waals surface area (Å²) in [4.78, 5) is 10.7. The Morgan fingerprint density at radius 3 is 2.76 bits per heavy atom. The fourth-order valence-electron chi connectivity index (χ4n) is 1.78. The highest BCUT2D eigenvalue weighted by atomic mass is 19.1. The quantitative estimate of drug-likeness (QED) is 0.762. The van der Waals surface area contributed by atoms with Gasteiger partial charge in [0.15, 0.2) is 0 Å². The van der Waals surface area contributed by atoms with Crippen LogP contribution in [-0.4, -0.2) is 16.1 Å². The molecule has 88 valence electrons. The number of rotatable bonds is 3. The van der Waals surface area contributed by atoms with Crippen molar-refractivity contribution in [3.8, 4) is 11.3 Å². The SMILES string of the molecule is CC(C)n1nccc1-c1cc(F)cc(C=O)c1. The maximum Gasteiger partial charge on any atom is 0.150 e. The van der Waals surface area contributed by atoms with Crippen LogP contribution in [0, 0.1) is 5.82 Å². The molecule has 2 aromatic rings. The average Bonchev–Trinajstić information content (AvgIpc) is 2.77. The van der Waals surface area contributed by atoms with Crippen molar-refractivity contribution in [1.82, 2.24) is 9.78 Å². The van der Waals surface area contributed by atoms with Gasteiger partial charge in [0, 0.05) is 23.4 Å². The number of hydrogen-bond donors (Lipinski definition) is 0. The molecule has 0 unspecified atom stereocenters. The molecule has 0 aliphatic heterocycles. The highest BCUT2D eigenvalue weighted by Gasteiger charge is 2.10. The second-order valence-corrected chi connectivity index (χ2v) is 4.15. The Labute approximate surface area is 98.9 Å². The zero-order valence-corrected chi connectivity index (χ0v) is 9.72. The molecule has 4 heteroatoms. The first-order chi connectivity index (χ1) is 8.11. The fraction of sp³-hybridized carbons (Fsp3) is 0.231. The topological polar surface area (TPSA) is 34.9 Å². The van der Waals surface area contributed by atoms with Crippen LogP contribution >= 0.6 is 0 Å². The summed E-state index contributed by atoms with van der Waals surface area (Å²) in [5.74, 6) is -0.416. The first kappa shape index (κ1) is 11.5. The molecule has 0 atom stereocenters. The van der Waals surface area contributed by atoms with E-state index in [9.17, 15) is 9.18 Å². The monoisotopic (exact) mass is 232 g/mol. The summed E-state index contributed by atoms with van der Waals surface area (Å²) < 4.78 is 15.1. The van der Waals surface area contributed by atoms with Crippen LogP contribution in [0.4, 0.5) is 4.39 Å². The van der Waals surface area contributed by atoms with E-state index in [1.165, 1.54) is 12.1 Å². The van der Waals surface area contributed by atoms with E-state index in [2.05, 4.69) is 5.10 Å². The predicted molar refractivity (Wildman–Crippen MR) is 63.4 cm³/mol. The van der Waals surface area contributed by atoms with Gasteiger partial charge in [0.05, 0.1) is 5.69 Å². The van der Waals surface area contributed by atoms with E-state index in [0.29, 0.717) is 17.4 Å². The maximum atomic E-state index is 13.4. The molecule has 0 amide bonds. The maximum absolute atomic E-state index is 13.4. The van der Waals surface area contributed by atoms with Crippen molar-refractivity contribution in [1.29, 1.82) is 0 Å². The van der Waals surface area contributed by atoms with Crippen molar-refractivity contribution in [2.75, 3.05) is 0 Å². The van der Waals surface area contributed by atoms with E-state index in [1.807, 2.05) is 19.9 Å². The lowest BCUT2D eigenvalue weighted by atomic mass is 10.1. The summed E-state index contributed by atoms with van der Waals surface area (Å²) >= 11 is 0. The molecule has 17 heavy (non-hydrogen) atoms. The molecular weight excluding hydrogens is 219 g/mol. The van der Waals surface area contributed by atoms with Crippen molar-refractivity contribution in [3.05, 3.63) is 41.8 Å². The van der Waals surface area contributed by atoms with E-state index in [1.54, 1.807) is 16.9 Å². The molecule has 0 aliphatic rings. The minimum Gasteiger partial charge on any atom is -0.298 e. The lowest BCUT2D eigenvalue weighted by molar-refractivity contribution is 0.112. The third kappa shape index (κ3) is 2.25. The second kappa shape index (κ2) is 4.49. The van der Waals surface area contributed by atoms with Crippen LogP contribution in [-0.2, 0) is 0 Å². The number of aromatic nitrogens is 2. The third-order valence-corrected chi connectivity index (χ3v) is 2.51. The zero-order valence-electron chi connectivity index (χ0n) is 9.72. The predicted octanol–water partition coefficient (Wildman–Crippen LogP) is 3.08. The number of hydrogen-bond acceptors (Lipinski definition) is 2. The smallest absolute Gasteiger partial charge is 0.150 e. The first-order valence-corrected chi connectivity index (χ1v) is 5.41. The summed E-state index contributed by atoms with van der Waals surface area (Å²) in [5.41, 5.74) is 1.80. The molecule has 0 aliphatic carbocycles. The summed E-state index contributed by atoms with van der Waals surface area (Å²) in [6.45, 7) is 3.99. The van der Waals surface area contributed by atoms with E-state index in [4.69, 9.17) is 0 Å². The van der Waals surface area contributed by atoms with Gasteiger partial charge >= 0.3 is 0 Å². The Bertz CT molecular complexity index is 546. The molecule has 0 saturated carbocycles. The van der Waals surface area contributed by atoms with Gasteiger partial charge < -0.3 is 0 Å². The van der Waals surface area contributed by atoms with E-state index < -0.39 is 5.82 Å². The average molecular weight is 232 g/mol. The van der Waals surface area contributed by atoms with Crippen molar-refractivity contribution in [2.24, 2.45) is 0 Å². The van der Waals surface area contributed by atoms with Crippen LogP contribution < -0.4 is 0 Å². The molecule has 0 fully saturated rings. The highest BCUT2D eigenvalue weighted by molar-refractivity contribution is 5.78. The Morgan fingerprint density at radius 2 is 2.12 bits per heavy atom. The Hall–Kier alpha value is -1.97. The summed E-state index contributed by atoms with van der Waals surface area (Å²) in [6, 6.07) is 6.27. The van der Waals surface area contributed by atoms with Crippen LogP contribution in [0.3, 0.4) is 0 Å². The van der Waals surface area contributed by atoms with Gasteiger partial charge in [-0.05, 0) is 38.1 Å². The van der Waals surface area contributed by atoms with Crippen LogP contribution in [0.1, 0.15) is 30.2 Å². The molecule has 0 bridgehead atoms. The summed E-state index contributed by atoms with van der Waals surface area (Å²) in [5, 5.41) is 4.18. The van der Waals surface area contributed by atoms with Gasteiger partial charge in [-0.2, -0.15) is 5.10 Å². The number of carbonyl (C=O) groups is 1. The van der Waals surface area contributed by atoms with Gasteiger partial charge in [-0.25, -0.2) is 4.39 Å². The minimum absolute atomic E-state index is 0.183. The number of nitrogens with zero attached hydrogens (tertiary/aromatic N) is 2. The number of halogens is 1. The molecule has 1 aromatic heterocycles. The van der Waals surface area contributed by atoms with E-state index >= 15 is 0 Å². The first-order valence-electron chi connectivity index (χ1n) is 5.41. The van der Waals surface area contributed by atoms with Gasteiger partial charge in [-0.1, -0.05) is 0 Å². The Morgan fingerprint density at radius 1 is 1.35 bits per heavy atom. The van der Waals surface area contributed by atoms with Gasteiger partial charge in [-0.15, -0.1) is 0 Å². The highest BCUT2D eigenvalue weighted by Crippen LogP contribution is 2.23. The molecule has 0 radical (unpaired) electrons. The fourth-order valence-corrected chi connectivity index (χ4v) is 1.78. The summed E-state index contributed by atoms with van der Waals surface area (Å²) in [7, 11) is 0.